The number of hydrazine groups is 1. The molecule has 0 saturated carbocycles. The summed E-state index contributed by atoms with van der Waals surface area (Å²) >= 11 is 0. The van der Waals surface area contributed by atoms with Crippen LogP contribution in [0, 0.1) is 0 Å². The maximum absolute atomic E-state index is 5.72. The first-order valence-corrected chi connectivity index (χ1v) is 4.08. The molecule has 2 atom stereocenters. The van der Waals surface area contributed by atoms with Gasteiger partial charge in [-0.2, -0.15) is 0 Å². The molecule has 0 aromatic heterocycles. The SMILES string of the molecule is CCN(C)C(COC)C(N)NN. The summed E-state index contributed by atoms with van der Waals surface area (Å²) in [5.74, 6) is 5.24. The second-order valence-electron chi connectivity index (χ2n) is 2.79. The molecule has 0 spiro atoms. The minimum Gasteiger partial charge on any atom is -0.383 e. The third-order valence-electron chi connectivity index (χ3n) is 2.01. The van der Waals surface area contributed by atoms with Crippen molar-refractivity contribution in [3.05, 3.63) is 0 Å². The van der Waals surface area contributed by atoms with Gasteiger partial charge in [0.25, 0.3) is 0 Å². The molecule has 5 heteroatoms. The Bertz CT molecular complexity index is 102. The number of nitrogens with zero attached hydrogens (tertiary/aromatic N) is 1. The van der Waals surface area contributed by atoms with Crippen molar-refractivity contribution in [3.63, 3.8) is 0 Å². The molecule has 12 heavy (non-hydrogen) atoms. The first-order valence-electron chi connectivity index (χ1n) is 4.08. The summed E-state index contributed by atoms with van der Waals surface area (Å²) in [6, 6.07) is 0.116. The smallest absolute Gasteiger partial charge is 0.0856 e. The van der Waals surface area contributed by atoms with E-state index in [-0.39, 0.29) is 12.2 Å². The highest BCUT2D eigenvalue weighted by Gasteiger charge is 2.19. The van der Waals surface area contributed by atoms with E-state index in [0.717, 1.165) is 6.54 Å². The average Bonchev–Trinajstić information content (AvgIpc) is 2.11. The van der Waals surface area contributed by atoms with E-state index in [4.69, 9.17) is 16.3 Å². The highest BCUT2D eigenvalue weighted by Crippen LogP contribution is 1.98. The fraction of sp³-hybridized carbons (Fsp3) is 1.00. The molecule has 0 heterocycles. The third kappa shape index (κ3) is 3.46. The Morgan fingerprint density at radius 2 is 2.17 bits per heavy atom. The summed E-state index contributed by atoms with van der Waals surface area (Å²) in [4.78, 5) is 2.09. The van der Waals surface area contributed by atoms with E-state index in [0.29, 0.717) is 6.61 Å². The Morgan fingerprint density at radius 3 is 2.50 bits per heavy atom. The molecule has 0 aromatic carbocycles. The van der Waals surface area contributed by atoms with Crippen molar-refractivity contribution in [2.24, 2.45) is 11.6 Å². The molecule has 0 aliphatic heterocycles. The van der Waals surface area contributed by atoms with Gasteiger partial charge in [0.2, 0.25) is 0 Å². The van der Waals surface area contributed by atoms with Gasteiger partial charge in [-0.05, 0) is 13.6 Å². The zero-order chi connectivity index (χ0) is 9.56. The van der Waals surface area contributed by atoms with Crippen molar-refractivity contribution >= 4 is 0 Å². The zero-order valence-electron chi connectivity index (χ0n) is 8.08. The highest BCUT2D eigenvalue weighted by molar-refractivity contribution is 4.76. The number of nitrogens with one attached hydrogen (secondary N) is 1. The van der Waals surface area contributed by atoms with Gasteiger partial charge in [0.15, 0.2) is 0 Å². The van der Waals surface area contributed by atoms with Gasteiger partial charge in [0, 0.05) is 7.11 Å². The molecule has 0 bridgehead atoms. The first kappa shape index (κ1) is 11.8. The van der Waals surface area contributed by atoms with Gasteiger partial charge in [0.1, 0.15) is 0 Å². The summed E-state index contributed by atoms with van der Waals surface area (Å²) in [7, 11) is 3.64. The maximum atomic E-state index is 5.72. The van der Waals surface area contributed by atoms with Crippen molar-refractivity contribution < 1.29 is 4.74 Å². The summed E-state index contributed by atoms with van der Waals surface area (Å²) < 4.78 is 5.03. The van der Waals surface area contributed by atoms with E-state index in [1.807, 2.05) is 7.05 Å². The summed E-state index contributed by atoms with van der Waals surface area (Å²) in [5, 5.41) is 0. The van der Waals surface area contributed by atoms with Gasteiger partial charge < -0.3 is 10.5 Å². The van der Waals surface area contributed by atoms with Crippen LogP contribution in [-0.4, -0.2) is 44.4 Å². The van der Waals surface area contributed by atoms with E-state index in [1.54, 1.807) is 7.11 Å². The monoisotopic (exact) mass is 176 g/mol. The summed E-state index contributed by atoms with van der Waals surface area (Å²) in [5.41, 5.74) is 8.24. The minimum absolute atomic E-state index is 0.116. The predicted octanol–water partition coefficient (Wildman–Crippen LogP) is -1.30. The van der Waals surface area contributed by atoms with Crippen LogP contribution in [-0.2, 0) is 4.74 Å². The molecule has 0 saturated heterocycles. The fourth-order valence-corrected chi connectivity index (χ4v) is 1.02. The molecule has 0 aromatic rings. The van der Waals surface area contributed by atoms with Gasteiger partial charge in [-0.3, -0.25) is 10.7 Å². The second-order valence-corrected chi connectivity index (χ2v) is 2.79. The number of hydrogen-bond acceptors (Lipinski definition) is 5. The number of rotatable bonds is 6. The standard InChI is InChI=1S/C7H20N4O/c1-4-11(2)6(5-12-3)7(8)10-9/h6-7,10H,4-5,8-9H2,1-3H3. The Labute approximate surface area is 74.0 Å². The lowest BCUT2D eigenvalue weighted by Crippen LogP contribution is -2.58. The van der Waals surface area contributed by atoms with Crippen molar-refractivity contribution in [2.45, 2.75) is 19.1 Å². The Morgan fingerprint density at radius 1 is 1.58 bits per heavy atom. The number of ether oxygens (including phenoxy) is 1. The second kappa shape index (κ2) is 6.33. The molecule has 0 amide bonds. The molecule has 2 unspecified atom stereocenters. The van der Waals surface area contributed by atoms with Gasteiger partial charge in [-0.25, -0.2) is 5.43 Å². The third-order valence-corrected chi connectivity index (χ3v) is 2.01. The molecule has 0 fully saturated rings. The van der Waals surface area contributed by atoms with Gasteiger partial charge >= 0.3 is 0 Å². The van der Waals surface area contributed by atoms with Gasteiger partial charge in [-0.15, -0.1) is 0 Å². The maximum Gasteiger partial charge on any atom is 0.0856 e. The number of likely N-dealkylation sites (N-methyl/N-ethyl adjacent to an activating group) is 1. The molecule has 74 valence electrons. The molecule has 0 radical (unpaired) electrons. The zero-order valence-corrected chi connectivity index (χ0v) is 8.08. The van der Waals surface area contributed by atoms with Crippen LogP contribution in [0.5, 0.6) is 0 Å². The van der Waals surface area contributed by atoms with Crippen molar-refractivity contribution in [1.82, 2.24) is 10.3 Å². The summed E-state index contributed by atoms with van der Waals surface area (Å²) in [6.45, 7) is 3.56. The Kier molecular flexibility index (Phi) is 6.23. The predicted molar refractivity (Wildman–Crippen MR) is 49.3 cm³/mol. The van der Waals surface area contributed by atoms with E-state index in [9.17, 15) is 0 Å². The topological polar surface area (TPSA) is 76.5 Å². The van der Waals surface area contributed by atoms with Crippen LogP contribution in [0.2, 0.25) is 0 Å². The first-order chi connectivity index (χ1) is 5.67. The molecule has 5 nitrogen and oxygen atoms in total. The van der Waals surface area contributed by atoms with Crippen molar-refractivity contribution in [1.29, 1.82) is 0 Å². The molecule has 0 aliphatic carbocycles. The molecular formula is C7H20N4O. The number of methoxy groups -OCH3 is 1. The highest BCUT2D eigenvalue weighted by atomic mass is 16.5. The van der Waals surface area contributed by atoms with Gasteiger partial charge in [-0.1, -0.05) is 6.92 Å². The average molecular weight is 176 g/mol. The van der Waals surface area contributed by atoms with Crippen LogP contribution in [0.15, 0.2) is 0 Å². The molecule has 5 N–H and O–H groups in total. The Balaban J connectivity index is 4.01. The van der Waals surface area contributed by atoms with Crippen LogP contribution in [0.25, 0.3) is 0 Å². The van der Waals surface area contributed by atoms with Crippen LogP contribution in [0.1, 0.15) is 6.92 Å². The largest absolute Gasteiger partial charge is 0.383 e. The minimum atomic E-state index is -0.255. The van der Waals surface area contributed by atoms with E-state index in [2.05, 4.69) is 17.2 Å². The van der Waals surface area contributed by atoms with Crippen molar-refractivity contribution in [2.75, 3.05) is 27.3 Å². The molecule has 0 rings (SSSR count). The molecular weight excluding hydrogens is 156 g/mol. The van der Waals surface area contributed by atoms with Crippen LogP contribution in [0.4, 0.5) is 0 Å². The van der Waals surface area contributed by atoms with Gasteiger partial charge in [0.05, 0.1) is 18.8 Å². The number of hydrogen-bond donors (Lipinski definition) is 3. The van der Waals surface area contributed by atoms with E-state index >= 15 is 0 Å². The molecule has 0 aliphatic rings. The van der Waals surface area contributed by atoms with E-state index < -0.39 is 0 Å². The Hall–Kier alpha value is -0.200. The van der Waals surface area contributed by atoms with Crippen LogP contribution >= 0.6 is 0 Å². The summed E-state index contributed by atoms with van der Waals surface area (Å²) in [6.07, 6.45) is -0.255. The normalized spacial score (nSPS) is 16.5. The number of nitrogens with two attached hydrogens (primary N) is 2. The van der Waals surface area contributed by atoms with E-state index in [1.165, 1.54) is 0 Å². The quantitative estimate of drug-likeness (QED) is 0.266. The van der Waals surface area contributed by atoms with Crippen LogP contribution in [0.3, 0.4) is 0 Å². The van der Waals surface area contributed by atoms with Crippen molar-refractivity contribution in [3.8, 4) is 0 Å². The van der Waals surface area contributed by atoms with Crippen LogP contribution < -0.4 is 17.0 Å². The lowest BCUT2D eigenvalue weighted by molar-refractivity contribution is 0.0868. The lowest BCUT2D eigenvalue weighted by atomic mass is 10.2. The lowest BCUT2D eigenvalue weighted by Gasteiger charge is -2.30. The fourth-order valence-electron chi connectivity index (χ4n) is 1.02.